The molecular weight excluding hydrogens is 204 g/mol. The molecule has 1 aromatic rings. The van der Waals surface area contributed by atoms with Gasteiger partial charge in [0.2, 0.25) is 0 Å². The lowest BCUT2D eigenvalue weighted by molar-refractivity contribution is 0.0594. The zero-order chi connectivity index (χ0) is 12.1. The molecule has 84 valence electrons. The summed E-state index contributed by atoms with van der Waals surface area (Å²) >= 11 is 0. The van der Waals surface area contributed by atoms with E-state index in [1.165, 1.54) is 7.11 Å². The Labute approximate surface area is 95.4 Å². The summed E-state index contributed by atoms with van der Waals surface area (Å²) in [5.41, 5.74) is 1.05. The molecule has 0 unspecified atom stereocenters. The molecule has 0 aliphatic carbocycles. The fourth-order valence-corrected chi connectivity index (χ4v) is 1.24. The first kappa shape index (κ1) is 12.1. The van der Waals surface area contributed by atoms with Crippen LogP contribution in [0.3, 0.4) is 0 Å². The molecule has 0 heterocycles. The van der Waals surface area contributed by atoms with Crippen LogP contribution in [0.5, 0.6) is 5.75 Å². The third-order valence-electron chi connectivity index (χ3n) is 1.92. The van der Waals surface area contributed by atoms with Gasteiger partial charge in [0.1, 0.15) is 11.3 Å². The maximum absolute atomic E-state index is 11.5. The number of terminal acetylenes is 1. The zero-order valence-electron chi connectivity index (χ0n) is 9.61. The van der Waals surface area contributed by atoms with Crippen molar-refractivity contribution in [1.82, 2.24) is 0 Å². The van der Waals surface area contributed by atoms with Crippen LogP contribution in [-0.4, -0.2) is 19.2 Å². The minimum Gasteiger partial charge on any atom is -0.490 e. The van der Waals surface area contributed by atoms with Crippen molar-refractivity contribution in [2.45, 2.75) is 20.0 Å². The van der Waals surface area contributed by atoms with E-state index in [0.717, 1.165) is 0 Å². The Morgan fingerprint density at radius 1 is 1.44 bits per heavy atom. The predicted octanol–water partition coefficient (Wildman–Crippen LogP) is 2.24. The molecule has 0 aromatic heterocycles. The van der Waals surface area contributed by atoms with E-state index in [1.807, 2.05) is 13.8 Å². The number of carbonyl (C=O) groups excluding carboxylic acids is 1. The molecule has 0 aliphatic rings. The number of rotatable bonds is 3. The highest BCUT2D eigenvalue weighted by Gasteiger charge is 2.14. The molecule has 16 heavy (non-hydrogen) atoms. The van der Waals surface area contributed by atoms with Gasteiger partial charge in [-0.25, -0.2) is 4.79 Å². The Hall–Kier alpha value is -1.95. The molecule has 3 nitrogen and oxygen atoms in total. The molecule has 1 aromatic carbocycles. The van der Waals surface area contributed by atoms with Crippen LogP contribution in [0.25, 0.3) is 0 Å². The number of hydrogen-bond acceptors (Lipinski definition) is 3. The molecule has 0 amide bonds. The lowest BCUT2D eigenvalue weighted by Crippen LogP contribution is -2.11. The third-order valence-corrected chi connectivity index (χ3v) is 1.92. The summed E-state index contributed by atoms with van der Waals surface area (Å²) in [7, 11) is 1.33. The van der Waals surface area contributed by atoms with Crippen molar-refractivity contribution in [2.75, 3.05) is 7.11 Å². The van der Waals surface area contributed by atoms with E-state index in [4.69, 9.17) is 11.2 Å². The molecule has 0 radical (unpaired) electrons. The topological polar surface area (TPSA) is 35.5 Å². The number of hydrogen-bond donors (Lipinski definition) is 0. The first-order valence-corrected chi connectivity index (χ1v) is 4.94. The molecule has 0 aliphatic heterocycles. The minimum absolute atomic E-state index is 0.0311. The van der Waals surface area contributed by atoms with Gasteiger partial charge in [-0.1, -0.05) is 5.92 Å². The van der Waals surface area contributed by atoms with Crippen LogP contribution < -0.4 is 4.74 Å². The quantitative estimate of drug-likeness (QED) is 0.576. The average Bonchev–Trinajstić information content (AvgIpc) is 2.27. The number of ether oxygens (including phenoxy) is 2. The molecule has 0 saturated carbocycles. The highest BCUT2D eigenvalue weighted by atomic mass is 16.5. The Morgan fingerprint density at radius 2 is 2.12 bits per heavy atom. The van der Waals surface area contributed by atoms with Gasteiger partial charge in [0.15, 0.2) is 0 Å². The molecule has 0 spiro atoms. The van der Waals surface area contributed by atoms with Crippen LogP contribution >= 0.6 is 0 Å². The second-order valence-corrected chi connectivity index (χ2v) is 3.51. The van der Waals surface area contributed by atoms with E-state index in [0.29, 0.717) is 16.9 Å². The van der Waals surface area contributed by atoms with Gasteiger partial charge >= 0.3 is 5.97 Å². The fourth-order valence-electron chi connectivity index (χ4n) is 1.24. The van der Waals surface area contributed by atoms with Crippen molar-refractivity contribution in [3.05, 3.63) is 29.3 Å². The van der Waals surface area contributed by atoms with Crippen molar-refractivity contribution < 1.29 is 14.3 Å². The second kappa shape index (κ2) is 5.22. The summed E-state index contributed by atoms with van der Waals surface area (Å²) in [4.78, 5) is 11.5. The van der Waals surface area contributed by atoms with Gasteiger partial charge in [0.05, 0.1) is 13.2 Å². The monoisotopic (exact) mass is 218 g/mol. The van der Waals surface area contributed by atoms with Gasteiger partial charge in [-0.15, -0.1) is 6.42 Å². The molecule has 1 rings (SSSR count). The van der Waals surface area contributed by atoms with E-state index in [9.17, 15) is 4.79 Å². The summed E-state index contributed by atoms with van der Waals surface area (Å²) < 4.78 is 10.2. The van der Waals surface area contributed by atoms with Crippen LogP contribution in [0.1, 0.15) is 29.8 Å². The highest BCUT2D eigenvalue weighted by molar-refractivity contribution is 5.92. The first-order valence-electron chi connectivity index (χ1n) is 4.94. The summed E-state index contributed by atoms with van der Waals surface area (Å²) in [6.07, 6.45) is 5.26. The SMILES string of the molecule is C#Cc1ccc(C(=O)OC)c(OC(C)C)c1. The van der Waals surface area contributed by atoms with Gasteiger partial charge in [-0.3, -0.25) is 0 Å². The van der Waals surface area contributed by atoms with Crippen molar-refractivity contribution in [3.63, 3.8) is 0 Å². The summed E-state index contributed by atoms with van der Waals surface area (Å²) in [5, 5.41) is 0. The van der Waals surface area contributed by atoms with E-state index in [-0.39, 0.29) is 6.10 Å². The molecule has 0 saturated heterocycles. The lowest BCUT2D eigenvalue weighted by atomic mass is 10.1. The van der Waals surface area contributed by atoms with Gasteiger partial charge in [-0.2, -0.15) is 0 Å². The molecule has 0 bridgehead atoms. The Bertz CT molecular complexity index is 427. The van der Waals surface area contributed by atoms with Gasteiger partial charge < -0.3 is 9.47 Å². The van der Waals surface area contributed by atoms with Crippen molar-refractivity contribution >= 4 is 5.97 Å². The van der Waals surface area contributed by atoms with Gasteiger partial charge in [-0.05, 0) is 32.0 Å². The second-order valence-electron chi connectivity index (χ2n) is 3.51. The predicted molar refractivity (Wildman–Crippen MR) is 61.5 cm³/mol. The maximum Gasteiger partial charge on any atom is 0.341 e. The van der Waals surface area contributed by atoms with Crippen LogP contribution in [0.15, 0.2) is 18.2 Å². The van der Waals surface area contributed by atoms with Gasteiger partial charge in [0, 0.05) is 5.56 Å². The number of methoxy groups -OCH3 is 1. The molecular formula is C13H14O3. The fraction of sp³-hybridized carbons (Fsp3) is 0.308. The van der Waals surface area contributed by atoms with E-state index >= 15 is 0 Å². The minimum atomic E-state index is -0.431. The zero-order valence-corrected chi connectivity index (χ0v) is 9.61. The summed E-state index contributed by atoms with van der Waals surface area (Å²) in [6, 6.07) is 4.95. The largest absolute Gasteiger partial charge is 0.490 e. The van der Waals surface area contributed by atoms with Crippen LogP contribution in [-0.2, 0) is 4.74 Å². The molecule has 0 N–H and O–H groups in total. The standard InChI is InChI=1S/C13H14O3/c1-5-10-6-7-11(13(14)15-4)12(8-10)16-9(2)3/h1,6-9H,2-4H3. The summed E-state index contributed by atoms with van der Waals surface area (Å²) in [6.45, 7) is 3.76. The average molecular weight is 218 g/mol. The van der Waals surface area contributed by atoms with Crippen LogP contribution in [0.2, 0.25) is 0 Å². The van der Waals surface area contributed by atoms with E-state index in [1.54, 1.807) is 18.2 Å². The Balaban J connectivity index is 3.17. The third kappa shape index (κ3) is 2.77. The van der Waals surface area contributed by atoms with E-state index < -0.39 is 5.97 Å². The Kier molecular flexibility index (Phi) is 3.96. The normalized spacial score (nSPS) is 9.69. The number of benzene rings is 1. The maximum atomic E-state index is 11.5. The number of esters is 1. The highest BCUT2D eigenvalue weighted by Crippen LogP contribution is 2.22. The van der Waals surface area contributed by atoms with Crippen LogP contribution in [0.4, 0.5) is 0 Å². The first-order chi connectivity index (χ1) is 7.58. The lowest BCUT2D eigenvalue weighted by Gasteiger charge is -2.13. The smallest absolute Gasteiger partial charge is 0.341 e. The van der Waals surface area contributed by atoms with Gasteiger partial charge in [0.25, 0.3) is 0 Å². The molecule has 3 heteroatoms. The molecule has 0 atom stereocenters. The van der Waals surface area contributed by atoms with Crippen molar-refractivity contribution in [2.24, 2.45) is 0 Å². The summed E-state index contributed by atoms with van der Waals surface area (Å²) in [5.74, 6) is 2.52. The van der Waals surface area contributed by atoms with Crippen LogP contribution in [0, 0.1) is 12.3 Å². The van der Waals surface area contributed by atoms with Crippen molar-refractivity contribution in [3.8, 4) is 18.1 Å². The van der Waals surface area contributed by atoms with E-state index in [2.05, 4.69) is 10.7 Å². The number of carbonyl (C=O) groups is 1. The molecule has 0 fully saturated rings. The Morgan fingerprint density at radius 3 is 2.62 bits per heavy atom. The van der Waals surface area contributed by atoms with Crippen molar-refractivity contribution in [1.29, 1.82) is 0 Å².